The van der Waals surface area contributed by atoms with Crippen LogP contribution >= 0.6 is 15.9 Å². The topological polar surface area (TPSA) is 22.1 Å². The first-order valence-electron chi connectivity index (χ1n) is 3.33. The monoisotopic (exact) mass is 215 g/mol. The predicted octanol–water partition coefficient (Wildman–Crippen LogP) is 2.29. The smallest absolute Gasteiger partial charge is 0.215 e. The zero-order valence-electron chi connectivity index (χ0n) is 6.60. The molecular weight excluding hydrogens is 206 g/mol. The summed E-state index contributed by atoms with van der Waals surface area (Å²) in [6.45, 7) is 1.98. The Kier molecular flexibility index (Phi) is 2.88. The van der Waals surface area contributed by atoms with Crippen LogP contribution in [-0.4, -0.2) is 12.1 Å². The average Bonchev–Trinajstić information content (AvgIpc) is 2.04. The van der Waals surface area contributed by atoms with Crippen LogP contribution in [0, 0.1) is 6.92 Å². The zero-order chi connectivity index (χ0) is 8.27. The molecule has 0 atom stereocenters. The van der Waals surface area contributed by atoms with Crippen molar-refractivity contribution in [3.05, 3.63) is 23.4 Å². The lowest BCUT2D eigenvalue weighted by Gasteiger charge is -2.03. The van der Waals surface area contributed by atoms with Gasteiger partial charge in [0.05, 0.1) is 7.11 Å². The number of alkyl halides is 1. The van der Waals surface area contributed by atoms with E-state index in [2.05, 4.69) is 27.0 Å². The van der Waals surface area contributed by atoms with E-state index in [-0.39, 0.29) is 0 Å². The third kappa shape index (κ3) is 1.93. The maximum Gasteiger partial charge on any atom is 0.215 e. The van der Waals surface area contributed by atoms with Crippen LogP contribution in [0.2, 0.25) is 0 Å². The third-order valence-electron chi connectivity index (χ3n) is 1.43. The maximum atomic E-state index is 5.02. The van der Waals surface area contributed by atoms with Crippen LogP contribution in [-0.2, 0) is 5.33 Å². The number of methoxy groups -OCH3 is 1. The molecule has 11 heavy (non-hydrogen) atoms. The molecule has 0 saturated heterocycles. The molecule has 0 aromatic carbocycles. The standard InChI is InChI=1S/C8H10BrNO/c1-6-3-7(4-9)5-10-8(6)11-2/h3,5H,4H2,1-2H3. The fraction of sp³-hybridized carbons (Fsp3) is 0.375. The highest BCUT2D eigenvalue weighted by Gasteiger charge is 1.99. The Morgan fingerprint density at radius 3 is 2.82 bits per heavy atom. The van der Waals surface area contributed by atoms with E-state index >= 15 is 0 Å². The summed E-state index contributed by atoms with van der Waals surface area (Å²) in [5, 5.41) is 0.838. The van der Waals surface area contributed by atoms with Gasteiger partial charge < -0.3 is 4.74 Å². The molecule has 1 aromatic heterocycles. The molecule has 3 heteroatoms. The van der Waals surface area contributed by atoms with Gasteiger partial charge in [-0.25, -0.2) is 4.98 Å². The van der Waals surface area contributed by atoms with Crippen molar-refractivity contribution in [3.63, 3.8) is 0 Å². The SMILES string of the molecule is COc1ncc(CBr)cc1C. The molecule has 0 amide bonds. The number of hydrogen-bond acceptors (Lipinski definition) is 2. The van der Waals surface area contributed by atoms with Crippen molar-refractivity contribution in [2.45, 2.75) is 12.3 Å². The third-order valence-corrected chi connectivity index (χ3v) is 2.08. The van der Waals surface area contributed by atoms with E-state index in [1.54, 1.807) is 13.3 Å². The second-order valence-electron chi connectivity index (χ2n) is 2.30. The Balaban J connectivity index is 2.99. The summed E-state index contributed by atoms with van der Waals surface area (Å²) in [6, 6.07) is 2.06. The highest BCUT2D eigenvalue weighted by atomic mass is 79.9. The van der Waals surface area contributed by atoms with E-state index in [9.17, 15) is 0 Å². The average molecular weight is 216 g/mol. The Morgan fingerprint density at radius 1 is 1.64 bits per heavy atom. The molecule has 0 unspecified atom stereocenters. The van der Waals surface area contributed by atoms with Crippen LogP contribution in [0.4, 0.5) is 0 Å². The van der Waals surface area contributed by atoms with Gasteiger partial charge in [-0.3, -0.25) is 0 Å². The maximum absolute atomic E-state index is 5.02. The summed E-state index contributed by atoms with van der Waals surface area (Å²) in [6.07, 6.45) is 1.81. The van der Waals surface area contributed by atoms with Gasteiger partial charge in [0.2, 0.25) is 5.88 Å². The fourth-order valence-corrected chi connectivity index (χ4v) is 1.21. The van der Waals surface area contributed by atoms with E-state index in [0.717, 1.165) is 10.9 Å². The van der Waals surface area contributed by atoms with E-state index in [4.69, 9.17) is 4.74 Å². The first-order chi connectivity index (χ1) is 5.27. The number of pyridine rings is 1. The summed E-state index contributed by atoms with van der Waals surface area (Å²) in [4.78, 5) is 4.12. The number of hydrogen-bond donors (Lipinski definition) is 0. The Bertz CT molecular complexity index is 250. The summed E-state index contributed by atoms with van der Waals surface area (Å²) < 4.78 is 5.02. The minimum atomic E-state index is 0.703. The van der Waals surface area contributed by atoms with Crippen LogP contribution in [0.1, 0.15) is 11.1 Å². The van der Waals surface area contributed by atoms with Gasteiger partial charge in [-0.1, -0.05) is 15.9 Å². The fourth-order valence-electron chi connectivity index (χ4n) is 0.907. The number of ether oxygens (including phenoxy) is 1. The molecular formula is C8H10BrNO. The van der Waals surface area contributed by atoms with Gasteiger partial charge in [0.1, 0.15) is 0 Å². The van der Waals surface area contributed by atoms with Crippen LogP contribution in [0.3, 0.4) is 0 Å². The van der Waals surface area contributed by atoms with Gasteiger partial charge in [-0.05, 0) is 18.6 Å². The number of nitrogens with zero attached hydrogens (tertiary/aromatic N) is 1. The van der Waals surface area contributed by atoms with Gasteiger partial charge in [0, 0.05) is 17.1 Å². The van der Waals surface area contributed by atoms with Crippen LogP contribution in [0.25, 0.3) is 0 Å². The van der Waals surface area contributed by atoms with Crippen molar-refractivity contribution in [2.75, 3.05) is 7.11 Å². The lowest BCUT2D eigenvalue weighted by atomic mass is 10.2. The van der Waals surface area contributed by atoms with Gasteiger partial charge in [-0.15, -0.1) is 0 Å². The zero-order valence-corrected chi connectivity index (χ0v) is 8.18. The Morgan fingerprint density at radius 2 is 2.36 bits per heavy atom. The Hall–Kier alpha value is -0.570. The molecule has 0 radical (unpaired) electrons. The molecule has 1 aromatic rings. The summed E-state index contributed by atoms with van der Waals surface area (Å²) in [7, 11) is 1.63. The highest BCUT2D eigenvalue weighted by Crippen LogP contribution is 2.15. The Labute approximate surface area is 74.7 Å². The largest absolute Gasteiger partial charge is 0.481 e. The van der Waals surface area contributed by atoms with Crippen LogP contribution < -0.4 is 4.74 Å². The first kappa shape index (κ1) is 8.53. The molecule has 0 spiro atoms. The summed E-state index contributed by atoms with van der Waals surface area (Å²) in [5.41, 5.74) is 2.24. The molecule has 0 saturated carbocycles. The molecule has 1 heterocycles. The molecule has 0 bridgehead atoms. The molecule has 0 N–H and O–H groups in total. The van der Waals surface area contributed by atoms with Crippen molar-refractivity contribution < 1.29 is 4.74 Å². The molecule has 60 valence electrons. The number of aryl methyl sites for hydroxylation is 1. The van der Waals surface area contributed by atoms with Crippen molar-refractivity contribution >= 4 is 15.9 Å². The van der Waals surface area contributed by atoms with Crippen LogP contribution in [0.5, 0.6) is 5.88 Å². The minimum absolute atomic E-state index is 0.703. The van der Waals surface area contributed by atoms with Gasteiger partial charge >= 0.3 is 0 Å². The van der Waals surface area contributed by atoms with Crippen molar-refractivity contribution in [3.8, 4) is 5.88 Å². The van der Waals surface area contributed by atoms with Gasteiger partial charge in [-0.2, -0.15) is 0 Å². The molecule has 0 aliphatic carbocycles. The van der Waals surface area contributed by atoms with Crippen molar-refractivity contribution in [1.82, 2.24) is 4.98 Å². The van der Waals surface area contributed by atoms with E-state index in [1.165, 1.54) is 5.56 Å². The highest BCUT2D eigenvalue weighted by molar-refractivity contribution is 9.08. The van der Waals surface area contributed by atoms with E-state index < -0.39 is 0 Å². The lowest BCUT2D eigenvalue weighted by molar-refractivity contribution is 0.394. The second kappa shape index (κ2) is 3.72. The summed E-state index contributed by atoms with van der Waals surface area (Å²) >= 11 is 3.36. The molecule has 0 aliphatic heterocycles. The normalized spacial score (nSPS) is 9.73. The summed E-state index contributed by atoms with van der Waals surface area (Å²) in [5.74, 6) is 0.703. The minimum Gasteiger partial charge on any atom is -0.481 e. The number of halogens is 1. The van der Waals surface area contributed by atoms with Crippen molar-refractivity contribution in [1.29, 1.82) is 0 Å². The molecule has 0 fully saturated rings. The van der Waals surface area contributed by atoms with E-state index in [1.807, 2.05) is 6.92 Å². The molecule has 1 rings (SSSR count). The number of aromatic nitrogens is 1. The predicted molar refractivity (Wildman–Crippen MR) is 48.2 cm³/mol. The quantitative estimate of drug-likeness (QED) is 0.707. The van der Waals surface area contributed by atoms with Gasteiger partial charge in [0.15, 0.2) is 0 Å². The van der Waals surface area contributed by atoms with E-state index in [0.29, 0.717) is 5.88 Å². The van der Waals surface area contributed by atoms with Gasteiger partial charge in [0.25, 0.3) is 0 Å². The molecule has 2 nitrogen and oxygen atoms in total. The second-order valence-corrected chi connectivity index (χ2v) is 2.86. The first-order valence-corrected chi connectivity index (χ1v) is 4.45. The number of rotatable bonds is 2. The lowest BCUT2D eigenvalue weighted by Crippen LogP contribution is -1.92. The van der Waals surface area contributed by atoms with Crippen LogP contribution in [0.15, 0.2) is 12.3 Å². The molecule has 0 aliphatic rings. The van der Waals surface area contributed by atoms with Crippen molar-refractivity contribution in [2.24, 2.45) is 0 Å².